The summed E-state index contributed by atoms with van der Waals surface area (Å²) in [7, 11) is -4.10. The zero-order chi connectivity index (χ0) is 31.3. The number of nitrogens with zero attached hydrogens (tertiary/aromatic N) is 3. The number of aromatic nitrogens is 2. The summed E-state index contributed by atoms with van der Waals surface area (Å²) in [6.45, 7) is 12.7. The minimum atomic E-state index is -4.10. The van der Waals surface area contributed by atoms with Crippen LogP contribution in [0.5, 0.6) is 5.88 Å². The Morgan fingerprint density at radius 3 is 2.33 bits per heavy atom. The van der Waals surface area contributed by atoms with Crippen LogP contribution in [0.15, 0.2) is 53.4 Å². The second-order valence-corrected chi connectivity index (χ2v) is 15.8. The number of piperidine rings is 1. The Kier molecular flexibility index (Phi) is 9.23. The van der Waals surface area contributed by atoms with Gasteiger partial charge in [0.2, 0.25) is 11.8 Å². The lowest BCUT2D eigenvalue weighted by atomic mass is 9.60. The topological polar surface area (TPSA) is 114 Å². The number of carbonyl (C=O) groups is 1. The minimum Gasteiger partial charge on any atom is -0.475 e. The van der Waals surface area contributed by atoms with Crippen molar-refractivity contribution in [1.82, 2.24) is 20.2 Å². The van der Waals surface area contributed by atoms with Gasteiger partial charge in [-0.25, -0.2) is 18.1 Å². The van der Waals surface area contributed by atoms with Gasteiger partial charge < -0.3 is 15.0 Å². The van der Waals surface area contributed by atoms with Gasteiger partial charge in [0.25, 0.3) is 15.9 Å². The van der Waals surface area contributed by atoms with E-state index in [1.54, 1.807) is 18.2 Å². The maximum absolute atomic E-state index is 14.4. The van der Waals surface area contributed by atoms with Crippen LogP contribution in [-0.4, -0.2) is 61.0 Å². The number of sulfonamides is 1. The molecule has 1 aromatic heterocycles. The Morgan fingerprint density at radius 1 is 1.00 bits per heavy atom. The molecule has 11 heteroatoms. The van der Waals surface area contributed by atoms with Crippen molar-refractivity contribution in [3.8, 4) is 17.1 Å². The standard InChI is InChI=1S/C34H43N5O4S.ClH/c1-22-8-6-9-23(2)30(22)28-17-29-37-32(36-28)38-44(41,42)27-11-7-10-24(16-27)31(40)39(26(21-43-29)18-33(3,4)5)25-19-34(20-25)12-14-35-15-13-34;/h6-11,16-17,25-26,35H,12-15,18-21H2,1-5H3,(H,36,37,38);1H/t26-;/m1./s1. The predicted octanol–water partition coefficient (Wildman–Crippen LogP) is 6.15. The van der Waals surface area contributed by atoms with Gasteiger partial charge in [-0.2, -0.15) is 4.98 Å². The van der Waals surface area contributed by atoms with E-state index in [0.29, 0.717) is 17.7 Å². The Labute approximate surface area is 273 Å². The first-order chi connectivity index (χ1) is 20.8. The van der Waals surface area contributed by atoms with Crippen molar-refractivity contribution in [3.63, 3.8) is 0 Å². The number of nitrogens with one attached hydrogen (secondary N) is 2. The van der Waals surface area contributed by atoms with E-state index < -0.39 is 10.0 Å². The fourth-order valence-corrected chi connectivity index (χ4v) is 8.26. The number of hydrogen-bond donors (Lipinski definition) is 2. The lowest BCUT2D eigenvalue weighted by Crippen LogP contribution is -2.60. The molecule has 3 aromatic rings. The molecule has 0 unspecified atom stereocenters. The number of fused-ring (bicyclic) bond motifs is 4. The van der Waals surface area contributed by atoms with Crippen molar-refractivity contribution in [2.75, 3.05) is 24.4 Å². The normalized spacial score (nSPS) is 21.2. The Hall–Kier alpha value is -3.21. The molecule has 1 saturated heterocycles. The third kappa shape index (κ3) is 6.98. The van der Waals surface area contributed by atoms with Crippen LogP contribution in [0.4, 0.5) is 5.95 Å². The zero-order valence-corrected chi connectivity index (χ0v) is 28.4. The highest BCUT2D eigenvalue weighted by atomic mass is 35.5. The third-order valence-electron chi connectivity index (χ3n) is 9.35. The van der Waals surface area contributed by atoms with E-state index in [9.17, 15) is 13.2 Å². The molecule has 2 fully saturated rings. The first-order valence-corrected chi connectivity index (χ1v) is 17.1. The lowest BCUT2D eigenvalue weighted by molar-refractivity contribution is -0.0396. The molecule has 1 amide bonds. The summed E-state index contributed by atoms with van der Waals surface area (Å²) in [6, 6.07) is 13.8. The highest BCUT2D eigenvalue weighted by molar-refractivity contribution is 7.92. The number of aryl methyl sites for hydroxylation is 2. The highest BCUT2D eigenvalue weighted by Crippen LogP contribution is 2.51. The van der Waals surface area contributed by atoms with E-state index in [1.807, 2.05) is 36.9 Å². The number of rotatable bonds is 3. The van der Waals surface area contributed by atoms with Crippen molar-refractivity contribution < 1.29 is 17.9 Å². The smallest absolute Gasteiger partial charge is 0.264 e. The van der Waals surface area contributed by atoms with Gasteiger partial charge in [0, 0.05) is 23.2 Å². The first-order valence-electron chi connectivity index (χ1n) is 15.6. The van der Waals surface area contributed by atoms with Gasteiger partial charge in [0.1, 0.15) is 6.61 Å². The molecule has 1 spiro atoms. The zero-order valence-electron chi connectivity index (χ0n) is 26.7. The summed E-state index contributed by atoms with van der Waals surface area (Å²) in [4.78, 5) is 25.6. The van der Waals surface area contributed by atoms with Crippen molar-refractivity contribution in [2.24, 2.45) is 10.8 Å². The highest BCUT2D eigenvalue weighted by Gasteiger charge is 2.50. The number of benzene rings is 2. The molecule has 3 aliphatic rings. The number of halogens is 1. The maximum Gasteiger partial charge on any atom is 0.264 e. The second kappa shape index (κ2) is 12.5. The van der Waals surface area contributed by atoms with Gasteiger partial charge in [-0.05, 0) is 99.2 Å². The number of carbonyl (C=O) groups excluding carboxylic acids is 1. The van der Waals surface area contributed by atoms with Crippen LogP contribution >= 0.6 is 12.4 Å². The molecule has 1 aliphatic carbocycles. The Morgan fingerprint density at radius 2 is 1.67 bits per heavy atom. The van der Waals surface area contributed by atoms with Gasteiger partial charge in [-0.15, -0.1) is 12.4 Å². The van der Waals surface area contributed by atoms with Crippen molar-refractivity contribution >= 4 is 34.3 Å². The van der Waals surface area contributed by atoms with Crippen LogP contribution in [0, 0.1) is 24.7 Å². The lowest BCUT2D eigenvalue weighted by Gasteiger charge is -2.55. The number of amides is 1. The van der Waals surface area contributed by atoms with E-state index in [0.717, 1.165) is 55.5 Å². The van der Waals surface area contributed by atoms with Crippen molar-refractivity contribution in [2.45, 2.75) is 83.7 Å². The average molecular weight is 654 g/mol. The molecule has 4 bridgehead atoms. The average Bonchev–Trinajstić information content (AvgIpc) is 2.94. The van der Waals surface area contributed by atoms with Crippen LogP contribution in [0.3, 0.4) is 0 Å². The van der Waals surface area contributed by atoms with Crippen LogP contribution in [0.25, 0.3) is 11.3 Å². The van der Waals surface area contributed by atoms with Gasteiger partial charge in [-0.1, -0.05) is 45.0 Å². The van der Waals surface area contributed by atoms with Crippen molar-refractivity contribution in [3.05, 3.63) is 65.2 Å². The fraction of sp³-hybridized carbons (Fsp3) is 0.500. The van der Waals surface area contributed by atoms with Crippen LogP contribution in [-0.2, 0) is 10.0 Å². The maximum atomic E-state index is 14.4. The van der Waals surface area contributed by atoms with Crippen molar-refractivity contribution in [1.29, 1.82) is 0 Å². The van der Waals surface area contributed by atoms with Gasteiger partial charge in [-0.3, -0.25) is 4.79 Å². The summed E-state index contributed by atoms with van der Waals surface area (Å²) >= 11 is 0. The largest absolute Gasteiger partial charge is 0.475 e. The predicted molar refractivity (Wildman–Crippen MR) is 179 cm³/mol. The molecular weight excluding hydrogens is 610 g/mol. The molecule has 0 radical (unpaired) electrons. The molecule has 9 nitrogen and oxygen atoms in total. The molecule has 1 atom stereocenters. The molecule has 2 aromatic carbocycles. The minimum absolute atomic E-state index is 0. The summed E-state index contributed by atoms with van der Waals surface area (Å²) in [5.74, 6) is 0.0187. The van der Waals surface area contributed by atoms with Crippen LogP contribution in [0.1, 0.15) is 74.4 Å². The molecule has 3 heterocycles. The van der Waals surface area contributed by atoms with E-state index >= 15 is 0 Å². The molecule has 2 N–H and O–H groups in total. The van der Waals surface area contributed by atoms with E-state index in [2.05, 4.69) is 40.8 Å². The molecule has 2 aliphatic heterocycles. The Balaban J connectivity index is 0.00000400. The third-order valence-corrected chi connectivity index (χ3v) is 10.7. The SMILES string of the molecule is Cc1cccc(C)c1-c1cc2nc(n1)NS(=O)(=O)c1cccc(c1)C(=O)N(C1CC3(CCNCC3)C1)[C@H](CC(C)(C)C)CO2.Cl. The second-order valence-electron chi connectivity index (χ2n) is 14.1. The van der Waals surface area contributed by atoms with Gasteiger partial charge >= 0.3 is 0 Å². The van der Waals surface area contributed by atoms with Gasteiger partial charge in [0.05, 0.1) is 16.6 Å². The summed E-state index contributed by atoms with van der Waals surface area (Å²) < 4.78 is 36.3. The number of hydrogen-bond acceptors (Lipinski definition) is 7. The fourth-order valence-electron chi connectivity index (χ4n) is 7.27. The quantitative estimate of drug-likeness (QED) is 0.348. The summed E-state index contributed by atoms with van der Waals surface area (Å²) in [5.41, 5.74) is 3.99. The molecule has 45 heavy (non-hydrogen) atoms. The van der Waals surface area contributed by atoms with Crippen LogP contribution < -0.4 is 14.8 Å². The van der Waals surface area contributed by atoms with E-state index in [-0.39, 0.29) is 64.6 Å². The summed E-state index contributed by atoms with van der Waals surface area (Å²) in [6.07, 6.45) is 4.80. The molecular formula is C34H44ClN5O4S. The monoisotopic (exact) mass is 653 g/mol. The summed E-state index contributed by atoms with van der Waals surface area (Å²) in [5, 5.41) is 3.47. The number of ether oxygens (including phenoxy) is 1. The molecule has 1 saturated carbocycles. The van der Waals surface area contributed by atoms with E-state index in [1.165, 1.54) is 12.1 Å². The van der Waals surface area contributed by atoms with Gasteiger partial charge in [0.15, 0.2) is 0 Å². The Bertz CT molecular complexity index is 1660. The number of anilines is 1. The molecule has 242 valence electrons. The molecule has 6 rings (SSSR count). The van der Waals surface area contributed by atoms with Crippen LogP contribution in [0.2, 0.25) is 0 Å². The first kappa shape index (κ1) is 33.2. The van der Waals surface area contributed by atoms with E-state index in [4.69, 9.17) is 4.74 Å².